The molecule has 4 nitrogen and oxygen atoms in total. The first-order chi connectivity index (χ1) is 12.1. The van der Waals surface area contributed by atoms with Crippen molar-refractivity contribution in [1.29, 1.82) is 0 Å². The van der Waals surface area contributed by atoms with E-state index in [2.05, 4.69) is 39.0 Å². The minimum atomic E-state index is -0.210. The van der Waals surface area contributed by atoms with Gasteiger partial charge in [0.1, 0.15) is 11.5 Å². The Hall–Kier alpha value is -2.49. The van der Waals surface area contributed by atoms with Crippen molar-refractivity contribution in [2.24, 2.45) is 0 Å². The average molecular weight is 353 g/mol. The van der Waals surface area contributed by atoms with Gasteiger partial charge in [-0.15, -0.1) is 0 Å². The van der Waals surface area contributed by atoms with Crippen LogP contribution in [-0.4, -0.2) is 21.0 Å². The third-order valence-corrected chi connectivity index (χ3v) is 5.08. The topological polar surface area (TPSA) is 60.8 Å². The van der Waals surface area contributed by atoms with E-state index in [4.69, 9.17) is 0 Å². The molecule has 2 aromatic carbocycles. The van der Waals surface area contributed by atoms with Crippen LogP contribution in [0.1, 0.15) is 73.1 Å². The lowest BCUT2D eigenvalue weighted by Gasteiger charge is -2.19. The highest BCUT2D eigenvalue weighted by atomic mass is 16.3. The highest BCUT2D eigenvalue weighted by Crippen LogP contribution is 2.35. The third-order valence-electron chi connectivity index (χ3n) is 5.08. The molecule has 0 atom stereocenters. The number of fused-ring (bicyclic) bond motifs is 1. The highest BCUT2D eigenvalue weighted by Gasteiger charge is 2.28. The van der Waals surface area contributed by atoms with Gasteiger partial charge in [0.25, 0.3) is 5.91 Å². The van der Waals surface area contributed by atoms with Crippen molar-refractivity contribution in [3.8, 4) is 11.5 Å². The molecule has 1 amide bonds. The van der Waals surface area contributed by atoms with Crippen molar-refractivity contribution < 1.29 is 15.0 Å². The molecule has 1 heterocycles. The molecular weight excluding hydrogens is 326 g/mol. The Morgan fingerprint density at radius 3 is 2.27 bits per heavy atom. The van der Waals surface area contributed by atoms with Gasteiger partial charge in [0.15, 0.2) is 0 Å². The smallest absolute Gasteiger partial charge is 0.258 e. The molecule has 4 heteroatoms. The second-order valence-electron chi connectivity index (χ2n) is 8.48. The number of hydrogen-bond donors (Lipinski definition) is 2. The molecule has 0 unspecified atom stereocenters. The molecule has 2 aromatic rings. The Labute approximate surface area is 155 Å². The summed E-state index contributed by atoms with van der Waals surface area (Å²) in [4.78, 5) is 14.7. The summed E-state index contributed by atoms with van der Waals surface area (Å²) in [7, 11) is 0. The van der Waals surface area contributed by atoms with E-state index in [-0.39, 0.29) is 34.3 Å². The maximum atomic E-state index is 13.0. The van der Waals surface area contributed by atoms with Crippen LogP contribution in [-0.2, 0) is 18.5 Å². The quantitative estimate of drug-likeness (QED) is 0.824. The molecule has 0 aromatic heterocycles. The number of carbonyl (C=O) groups excluding carboxylic acids is 1. The summed E-state index contributed by atoms with van der Waals surface area (Å²) in [5.74, 6) is -0.304. The summed E-state index contributed by atoms with van der Waals surface area (Å²) in [5, 5.41) is 20.2. The maximum Gasteiger partial charge on any atom is 0.258 e. The fourth-order valence-corrected chi connectivity index (χ4v) is 3.40. The molecule has 0 saturated carbocycles. The van der Waals surface area contributed by atoms with Gasteiger partial charge in [0.05, 0.1) is 5.56 Å². The van der Waals surface area contributed by atoms with Crippen LogP contribution >= 0.6 is 0 Å². The summed E-state index contributed by atoms with van der Waals surface area (Å²) in [6, 6.07) is 9.28. The molecule has 0 saturated heterocycles. The molecular formula is C22H27NO3. The van der Waals surface area contributed by atoms with Gasteiger partial charge in [-0.25, -0.2) is 0 Å². The van der Waals surface area contributed by atoms with Gasteiger partial charge in [-0.2, -0.15) is 0 Å². The van der Waals surface area contributed by atoms with Crippen LogP contribution in [0.15, 0.2) is 30.3 Å². The zero-order valence-corrected chi connectivity index (χ0v) is 16.1. The average Bonchev–Trinajstić information content (AvgIpc) is 2.96. The van der Waals surface area contributed by atoms with Gasteiger partial charge in [0, 0.05) is 19.2 Å². The molecule has 0 fully saturated rings. The van der Waals surface area contributed by atoms with Crippen LogP contribution < -0.4 is 0 Å². The van der Waals surface area contributed by atoms with E-state index in [1.807, 2.05) is 13.8 Å². The van der Waals surface area contributed by atoms with E-state index in [1.54, 1.807) is 11.0 Å². The predicted octanol–water partition coefficient (Wildman–Crippen LogP) is 4.67. The fourth-order valence-electron chi connectivity index (χ4n) is 3.40. The number of nitrogens with zero attached hydrogens (tertiary/aromatic N) is 1. The standard InChI is InChI=1S/C22H27NO3/c1-13(2)17-9-18(20(25)10-19(17)24)21(26)23-11-14-6-7-16(22(3,4)5)8-15(14)12-23/h6-10,13,24-25H,11-12H2,1-5H3. The SMILES string of the molecule is CC(C)c1cc(C(=O)N2Cc3ccc(C(C)(C)C)cc3C2)c(O)cc1O. The van der Waals surface area contributed by atoms with E-state index in [0.717, 1.165) is 11.1 Å². The first-order valence-electron chi connectivity index (χ1n) is 9.05. The molecule has 1 aliphatic rings. The van der Waals surface area contributed by atoms with E-state index >= 15 is 0 Å². The summed E-state index contributed by atoms with van der Waals surface area (Å²) in [6.07, 6.45) is 0. The van der Waals surface area contributed by atoms with E-state index in [9.17, 15) is 15.0 Å². The first-order valence-corrected chi connectivity index (χ1v) is 9.05. The Kier molecular flexibility index (Phi) is 4.47. The number of amides is 1. The molecule has 138 valence electrons. The first kappa shape index (κ1) is 18.3. The Morgan fingerprint density at radius 2 is 1.65 bits per heavy atom. The minimum Gasteiger partial charge on any atom is -0.508 e. The van der Waals surface area contributed by atoms with Crippen LogP contribution in [0.25, 0.3) is 0 Å². The number of carbonyl (C=O) groups is 1. The highest BCUT2D eigenvalue weighted by molar-refractivity contribution is 5.97. The zero-order valence-electron chi connectivity index (χ0n) is 16.1. The van der Waals surface area contributed by atoms with Gasteiger partial charge in [-0.1, -0.05) is 52.8 Å². The number of phenolic OH excluding ortho intramolecular Hbond substituents is 2. The number of phenols is 2. The molecule has 26 heavy (non-hydrogen) atoms. The van der Waals surface area contributed by atoms with E-state index in [0.29, 0.717) is 18.7 Å². The van der Waals surface area contributed by atoms with Crippen molar-refractivity contribution in [3.05, 3.63) is 58.1 Å². The molecule has 0 spiro atoms. The predicted molar refractivity (Wildman–Crippen MR) is 103 cm³/mol. The van der Waals surface area contributed by atoms with Crippen molar-refractivity contribution in [1.82, 2.24) is 4.90 Å². The molecule has 0 radical (unpaired) electrons. The normalized spacial score (nSPS) is 14.0. The van der Waals surface area contributed by atoms with E-state index < -0.39 is 0 Å². The van der Waals surface area contributed by atoms with Crippen molar-refractivity contribution in [2.75, 3.05) is 0 Å². The van der Waals surface area contributed by atoms with Crippen LogP contribution in [0, 0.1) is 0 Å². The molecule has 1 aliphatic heterocycles. The van der Waals surface area contributed by atoms with Gasteiger partial charge >= 0.3 is 0 Å². The summed E-state index contributed by atoms with van der Waals surface area (Å²) in [6.45, 7) is 11.5. The number of benzene rings is 2. The Morgan fingerprint density at radius 1 is 1.00 bits per heavy atom. The largest absolute Gasteiger partial charge is 0.508 e. The van der Waals surface area contributed by atoms with Crippen LogP contribution in [0.3, 0.4) is 0 Å². The van der Waals surface area contributed by atoms with Crippen LogP contribution in [0.2, 0.25) is 0 Å². The fraction of sp³-hybridized carbons (Fsp3) is 0.409. The van der Waals surface area contributed by atoms with Crippen LogP contribution in [0.4, 0.5) is 0 Å². The zero-order chi connectivity index (χ0) is 19.2. The lowest BCUT2D eigenvalue weighted by atomic mass is 9.85. The van der Waals surface area contributed by atoms with Gasteiger partial charge in [-0.05, 0) is 39.7 Å². The minimum absolute atomic E-state index is 0.0218. The summed E-state index contributed by atoms with van der Waals surface area (Å²) >= 11 is 0. The summed E-state index contributed by atoms with van der Waals surface area (Å²) < 4.78 is 0. The summed E-state index contributed by atoms with van der Waals surface area (Å²) in [5.41, 5.74) is 4.53. The number of aromatic hydroxyl groups is 2. The molecule has 0 aliphatic carbocycles. The Balaban J connectivity index is 1.89. The maximum absolute atomic E-state index is 13.0. The Bertz CT molecular complexity index is 862. The third kappa shape index (κ3) is 3.28. The van der Waals surface area contributed by atoms with Crippen molar-refractivity contribution in [2.45, 2.75) is 59.0 Å². The second-order valence-corrected chi connectivity index (χ2v) is 8.48. The second kappa shape index (κ2) is 6.35. The van der Waals surface area contributed by atoms with Gasteiger partial charge in [-0.3, -0.25) is 4.79 Å². The van der Waals surface area contributed by atoms with Gasteiger partial charge < -0.3 is 15.1 Å². The van der Waals surface area contributed by atoms with Crippen molar-refractivity contribution in [3.63, 3.8) is 0 Å². The number of hydrogen-bond acceptors (Lipinski definition) is 3. The van der Waals surface area contributed by atoms with Crippen molar-refractivity contribution >= 4 is 5.91 Å². The molecule has 2 N–H and O–H groups in total. The van der Waals surface area contributed by atoms with E-state index in [1.165, 1.54) is 11.6 Å². The molecule has 0 bridgehead atoms. The van der Waals surface area contributed by atoms with Gasteiger partial charge in [0.2, 0.25) is 0 Å². The molecule has 3 rings (SSSR count). The lowest BCUT2D eigenvalue weighted by Crippen LogP contribution is -2.25. The lowest BCUT2D eigenvalue weighted by molar-refractivity contribution is 0.0748. The number of rotatable bonds is 2. The monoisotopic (exact) mass is 353 g/mol. The van der Waals surface area contributed by atoms with Crippen LogP contribution in [0.5, 0.6) is 11.5 Å².